The van der Waals surface area contributed by atoms with Crippen LogP contribution < -0.4 is 10.6 Å². The van der Waals surface area contributed by atoms with Crippen molar-refractivity contribution in [1.82, 2.24) is 0 Å². The number of carbonyl (C=O) groups excluding carboxylic acids is 1. The van der Waals surface area contributed by atoms with Gasteiger partial charge in [-0.15, -0.1) is 0 Å². The molecule has 0 atom stereocenters. The maximum Gasteiger partial charge on any atom is 0.323 e. The van der Waals surface area contributed by atoms with E-state index in [0.717, 1.165) is 22.2 Å². The fraction of sp³-hybridized carbons (Fsp3) is 0.0714. The number of amides is 2. The Balaban J connectivity index is 2.11. The number of halogens is 3. The molecule has 2 amide bonds. The van der Waals surface area contributed by atoms with Gasteiger partial charge < -0.3 is 10.6 Å². The van der Waals surface area contributed by atoms with E-state index in [2.05, 4.69) is 26.6 Å². The molecule has 2 aromatic rings. The van der Waals surface area contributed by atoms with E-state index in [9.17, 15) is 13.6 Å². The number of hydrogen-bond donors (Lipinski definition) is 2. The Kier molecular flexibility index (Phi) is 4.34. The zero-order valence-electron chi connectivity index (χ0n) is 10.5. The Labute approximate surface area is 123 Å². The van der Waals surface area contributed by atoms with Crippen LogP contribution >= 0.6 is 15.9 Å². The first-order chi connectivity index (χ1) is 9.47. The van der Waals surface area contributed by atoms with Gasteiger partial charge in [-0.05, 0) is 46.6 Å². The Bertz CT molecular complexity index is 662. The van der Waals surface area contributed by atoms with Crippen molar-refractivity contribution >= 4 is 33.3 Å². The molecule has 0 saturated heterocycles. The molecule has 0 aliphatic rings. The standard InChI is InChI=1S/C14H11BrF2N2O/c1-8-3-2-4-12(13(8)15)19-14(20)18-11-6-5-9(16)7-10(11)17/h2-7H,1H3,(H2,18,19,20). The molecule has 3 nitrogen and oxygen atoms in total. The lowest BCUT2D eigenvalue weighted by atomic mass is 10.2. The molecule has 0 aliphatic carbocycles. The Morgan fingerprint density at radius 3 is 2.50 bits per heavy atom. The normalized spacial score (nSPS) is 10.2. The number of benzene rings is 2. The van der Waals surface area contributed by atoms with Crippen molar-refractivity contribution in [1.29, 1.82) is 0 Å². The number of anilines is 2. The van der Waals surface area contributed by atoms with Gasteiger partial charge >= 0.3 is 6.03 Å². The minimum Gasteiger partial charge on any atom is -0.307 e. The molecule has 2 rings (SSSR count). The molecule has 0 aromatic heterocycles. The Morgan fingerprint density at radius 1 is 1.10 bits per heavy atom. The van der Waals surface area contributed by atoms with E-state index in [1.165, 1.54) is 0 Å². The molecule has 104 valence electrons. The highest BCUT2D eigenvalue weighted by atomic mass is 79.9. The van der Waals surface area contributed by atoms with Crippen molar-refractivity contribution in [3.63, 3.8) is 0 Å². The molecule has 0 fully saturated rings. The van der Waals surface area contributed by atoms with Gasteiger partial charge in [-0.1, -0.05) is 12.1 Å². The molecule has 0 radical (unpaired) electrons. The van der Waals surface area contributed by atoms with Crippen LogP contribution in [0.25, 0.3) is 0 Å². The fourth-order valence-corrected chi connectivity index (χ4v) is 1.97. The first-order valence-electron chi connectivity index (χ1n) is 5.75. The molecular weight excluding hydrogens is 330 g/mol. The third kappa shape index (κ3) is 3.33. The predicted octanol–water partition coefficient (Wildman–Crippen LogP) is 4.68. The average molecular weight is 341 g/mol. The van der Waals surface area contributed by atoms with Crippen LogP contribution in [0.4, 0.5) is 25.0 Å². The monoisotopic (exact) mass is 340 g/mol. The predicted molar refractivity (Wildman–Crippen MR) is 77.9 cm³/mol. The van der Waals surface area contributed by atoms with E-state index >= 15 is 0 Å². The van der Waals surface area contributed by atoms with Crippen LogP contribution in [0.2, 0.25) is 0 Å². The number of nitrogens with one attached hydrogen (secondary N) is 2. The summed E-state index contributed by atoms with van der Waals surface area (Å²) in [5.41, 5.74) is 1.42. The highest BCUT2D eigenvalue weighted by molar-refractivity contribution is 9.10. The van der Waals surface area contributed by atoms with Crippen molar-refractivity contribution in [2.75, 3.05) is 10.6 Å². The largest absolute Gasteiger partial charge is 0.323 e. The summed E-state index contributed by atoms with van der Waals surface area (Å²) in [5, 5.41) is 4.90. The van der Waals surface area contributed by atoms with E-state index in [1.54, 1.807) is 12.1 Å². The summed E-state index contributed by atoms with van der Waals surface area (Å²) in [6.45, 7) is 1.88. The van der Waals surface area contributed by atoms with Crippen LogP contribution in [-0.2, 0) is 0 Å². The second-order valence-electron chi connectivity index (χ2n) is 4.14. The topological polar surface area (TPSA) is 41.1 Å². The van der Waals surface area contributed by atoms with Crippen molar-refractivity contribution in [3.8, 4) is 0 Å². The molecule has 0 unspecified atom stereocenters. The van der Waals surface area contributed by atoms with Crippen LogP contribution in [-0.4, -0.2) is 6.03 Å². The first kappa shape index (κ1) is 14.5. The Hall–Kier alpha value is -1.95. The van der Waals surface area contributed by atoms with Gasteiger partial charge in [0.25, 0.3) is 0 Å². The van der Waals surface area contributed by atoms with Crippen molar-refractivity contribution in [2.24, 2.45) is 0 Å². The zero-order chi connectivity index (χ0) is 14.7. The average Bonchev–Trinajstić information content (AvgIpc) is 2.38. The maximum absolute atomic E-state index is 13.4. The lowest BCUT2D eigenvalue weighted by molar-refractivity contribution is 0.262. The van der Waals surface area contributed by atoms with Gasteiger partial charge in [0.1, 0.15) is 11.6 Å². The van der Waals surface area contributed by atoms with E-state index in [0.29, 0.717) is 11.8 Å². The fourth-order valence-electron chi connectivity index (χ4n) is 1.61. The molecule has 20 heavy (non-hydrogen) atoms. The lowest BCUT2D eigenvalue weighted by Crippen LogP contribution is -2.20. The van der Waals surface area contributed by atoms with Crippen molar-refractivity contribution in [2.45, 2.75) is 6.92 Å². The van der Waals surface area contributed by atoms with E-state index in [4.69, 9.17) is 0 Å². The van der Waals surface area contributed by atoms with Gasteiger partial charge in [0, 0.05) is 10.5 Å². The van der Waals surface area contributed by atoms with Crippen LogP contribution in [0.15, 0.2) is 40.9 Å². The summed E-state index contributed by atoms with van der Waals surface area (Å²) < 4.78 is 26.9. The molecule has 6 heteroatoms. The zero-order valence-corrected chi connectivity index (χ0v) is 12.1. The summed E-state index contributed by atoms with van der Waals surface area (Å²) >= 11 is 3.35. The maximum atomic E-state index is 13.4. The third-order valence-electron chi connectivity index (χ3n) is 2.62. The second-order valence-corrected chi connectivity index (χ2v) is 4.93. The van der Waals surface area contributed by atoms with E-state index < -0.39 is 17.7 Å². The second kappa shape index (κ2) is 6.00. The first-order valence-corrected chi connectivity index (χ1v) is 6.55. The molecule has 0 saturated carbocycles. The van der Waals surface area contributed by atoms with E-state index in [1.807, 2.05) is 13.0 Å². The molecule has 2 N–H and O–H groups in total. The number of aryl methyl sites for hydroxylation is 1. The lowest BCUT2D eigenvalue weighted by Gasteiger charge is -2.11. The Morgan fingerprint density at radius 2 is 1.80 bits per heavy atom. The smallest absolute Gasteiger partial charge is 0.307 e. The molecule has 2 aromatic carbocycles. The molecular formula is C14H11BrF2N2O. The molecule has 0 heterocycles. The number of hydrogen-bond acceptors (Lipinski definition) is 1. The van der Waals surface area contributed by atoms with Gasteiger partial charge in [-0.3, -0.25) is 0 Å². The summed E-state index contributed by atoms with van der Waals surface area (Å²) in [5.74, 6) is -1.53. The van der Waals surface area contributed by atoms with Crippen molar-refractivity contribution < 1.29 is 13.6 Å². The highest BCUT2D eigenvalue weighted by Crippen LogP contribution is 2.26. The number of urea groups is 1. The highest BCUT2D eigenvalue weighted by Gasteiger charge is 2.10. The van der Waals surface area contributed by atoms with Crippen LogP contribution in [0.5, 0.6) is 0 Å². The summed E-state index contributed by atoms with van der Waals surface area (Å²) in [6, 6.07) is 7.70. The van der Waals surface area contributed by atoms with Crippen molar-refractivity contribution in [3.05, 3.63) is 58.1 Å². The summed E-state index contributed by atoms with van der Waals surface area (Å²) in [6.07, 6.45) is 0. The molecule has 0 spiro atoms. The van der Waals surface area contributed by atoms with Crippen LogP contribution in [0.3, 0.4) is 0 Å². The number of carbonyl (C=O) groups is 1. The van der Waals surface area contributed by atoms with Crippen LogP contribution in [0, 0.1) is 18.6 Å². The van der Waals surface area contributed by atoms with Crippen LogP contribution in [0.1, 0.15) is 5.56 Å². The van der Waals surface area contributed by atoms with Gasteiger partial charge in [0.2, 0.25) is 0 Å². The van der Waals surface area contributed by atoms with Gasteiger partial charge in [0.15, 0.2) is 0 Å². The molecule has 0 aliphatic heterocycles. The summed E-state index contributed by atoms with van der Waals surface area (Å²) in [7, 11) is 0. The molecule has 0 bridgehead atoms. The minimum atomic E-state index is -0.830. The van der Waals surface area contributed by atoms with Gasteiger partial charge in [-0.2, -0.15) is 0 Å². The third-order valence-corrected chi connectivity index (χ3v) is 3.67. The SMILES string of the molecule is Cc1cccc(NC(=O)Nc2ccc(F)cc2F)c1Br. The quantitative estimate of drug-likeness (QED) is 0.818. The van der Waals surface area contributed by atoms with E-state index in [-0.39, 0.29) is 5.69 Å². The summed E-state index contributed by atoms with van der Waals surface area (Å²) in [4.78, 5) is 11.8. The van der Waals surface area contributed by atoms with Gasteiger partial charge in [-0.25, -0.2) is 13.6 Å². The minimum absolute atomic E-state index is 0.0901. The van der Waals surface area contributed by atoms with Gasteiger partial charge in [0.05, 0.1) is 11.4 Å². The number of rotatable bonds is 2.